The molecule has 0 aromatic heterocycles. The van der Waals surface area contributed by atoms with Crippen molar-refractivity contribution in [2.24, 2.45) is 4.99 Å². The maximum Gasteiger partial charge on any atom is 0.242 e. The van der Waals surface area contributed by atoms with Gasteiger partial charge in [0.05, 0.1) is 13.1 Å². The minimum absolute atomic E-state index is 0.0638. The standard InChI is InChI=1S/C17H27FN4O/c1-5-19-17(20-12-14-9-8-10-15(18)11-14)21(4)13-16(23)22(6-2)7-3/h8-11H,5-7,12-13H2,1-4H3,(H,19,20). The summed E-state index contributed by atoms with van der Waals surface area (Å²) in [5, 5.41) is 3.16. The number of guanidine groups is 1. The van der Waals surface area contributed by atoms with Crippen LogP contribution in [0.4, 0.5) is 4.39 Å². The third kappa shape index (κ3) is 6.26. The van der Waals surface area contributed by atoms with Crippen LogP contribution in [0, 0.1) is 5.82 Å². The molecule has 1 rings (SSSR count). The van der Waals surface area contributed by atoms with Crippen molar-refractivity contribution in [1.29, 1.82) is 0 Å². The minimum Gasteiger partial charge on any atom is -0.357 e. The van der Waals surface area contributed by atoms with E-state index in [2.05, 4.69) is 10.3 Å². The van der Waals surface area contributed by atoms with Gasteiger partial charge in [-0.15, -0.1) is 0 Å². The van der Waals surface area contributed by atoms with Crippen LogP contribution in [-0.2, 0) is 11.3 Å². The van der Waals surface area contributed by atoms with Crippen molar-refractivity contribution in [3.63, 3.8) is 0 Å². The predicted molar refractivity (Wildman–Crippen MR) is 91.8 cm³/mol. The van der Waals surface area contributed by atoms with E-state index in [4.69, 9.17) is 0 Å². The third-order valence-corrected chi connectivity index (χ3v) is 3.49. The highest BCUT2D eigenvalue weighted by Crippen LogP contribution is 2.05. The maximum atomic E-state index is 13.2. The normalized spacial score (nSPS) is 11.3. The monoisotopic (exact) mass is 322 g/mol. The van der Waals surface area contributed by atoms with Crippen molar-refractivity contribution in [2.45, 2.75) is 27.3 Å². The molecule has 0 atom stereocenters. The maximum absolute atomic E-state index is 13.2. The van der Waals surface area contributed by atoms with Gasteiger partial charge < -0.3 is 15.1 Å². The lowest BCUT2D eigenvalue weighted by molar-refractivity contribution is -0.131. The van der Waals surface area contributed by atoms with E-state index in [1.165, 1.54) is 12.1 Å². The van der Waals surface area contributed by atoms with E-state index in [-0.39, 0.29) is 18.3 Å². The smallest absolute Gasteiger partial charge is 0.242 e. The molecule has 1 aromatic carbocycles. The Hall–Kier alpha value is -2.11. The molecule has 1 amide bonds. The van der Waals surface area contributed by atoms with Gasteiger partial charge in [-0.1, -0.05) is 12.1 Å². The molecule has 5 nitrogen and oxygen atoms in total. The number of benzene rings is 1. The Bertz CT molecular complexity index is 529. The van der Waals surface area contributed by atoms with Gasteiger partial charge in [-0.3, -0.25) is 4.79 Å². The Morgan fingerprint density at radius 1 is 1.26 bits per heavy atom. The molecule has 128 valence electrons. The number of likely N-dealkylation sites (N-methyl/N-ethyl adjacent to an activating group) is 2. The topological polar surface area (TPSA) is 47.9 Å². The molecule has 0 unspecified atom stereocenters. The number of nitrogens with one attached hydrogen (secondary N) is 1. The van der Waals surface area contributed by atoms with E-state index in [0.29, 0.717) is 32.1 Å². The van der Waals surface area contributed by atoms with Crippen molar-refractivity contribution in [2.75, 3.05) is 33.2 Å². The molecule has 0 aliphatic rings. The Balaban J connectivity index is 2.75. The number of carbonyl (C=O) groups is 1. The fraction of sp³-hybridized carbons (Fsp3) is 0.529. The van der Waals surface area contributed by atoms with Crippen LogP contribution in [0.15, 0.2) is 29.3 Å². The number of aliphatic imine (C=N–C) groups is 1. The van der Waals surface area contributed by atoms with Crippen LogP contribution in [0.3, 0.4) is 0 Å². The number of rotatable bonds is 7. The van der Waals surface area contributed by atoms with Gasteiger partial charge in [-0.05, 0) is 38.5 Å². The van der Waals surface area contributed by atoms with Gasteiger partial charge in [0.1, 0.15) is 5.82 Å². The number of halogens is 1. The van der Waals surface area contributed by atoms with Crippen molar-refractivity contribution in [1.82, 2.24) is 15.1 Å². The van der Waals surface area contributed by atoms with Gasteiger partial charge >= 0.3 is 0 Å². The lowest BCUT2D eigenvalue weighted by Crippen LogP contribution is -2.45. The summed E-state index contributed by atoms with van der Waals surface area (Å²) in [4.78, 5) is 20.3. The van der Waals surface area contributed by atoms with E-state index >= 15 is 0 Å². The molecule has 0 radical (unpaired) electrons. The quantitative estimate of drug-likeness (QED) is 0.618. The highest BCUT2D eigenvalue weighted by atomic mass is 19.1. The zero-order chi connectivity index (χ0) is 17.2. The summed E-state index contributed by atoms with van der Waals surface area (Å²) < 4.78 is 13.2. The van der Waals surface area contributed by atoms with E-state index in [1.54, 1.807) is 15.9 Å². The Morgan fingerprint density at radius 3 is 2.52 bits per heavy atom. The second-order valence-corrected chi connectivity index (χ2v) is 5.22. The van der Waals surface area contributed by atoms with Gasteiger partial charge in [0.2, 0.25) is 5.91 Å². The number of amides is 1. The molecular formula is C17H27FN4O. The van der Waals surface area contributed by atoms with Crippen LogP contribution in [-0.4, -0.2) is 54.9 Å². The van der Waals surface area contributed by atoms with Gasteiger partial charge in [-0.2, -0.15) is 0 Å². The average Bonchev–Trinajstić information content (AvgIpc) is 2.52. The Labute approximate surface area is 138 Å². The van der Waals surface area contributed by atoms with E-state index in [1.807, 2.05) is 33.9 Å². The molecule has 6 heteroatoms. The number of hydrogen-bond donors (Lipinski definition) is 1. The van der Waals surface area contributed by atoms with Crippen molar-refractivity contribution >= 4 is 11.9 Å². The Morgan fingerprint density at radius 2 is 1.96 bits per heavy atom. The highest BCUT2D eigenvalue weighted by Gasteiger charge is 2.14. The van der Waals surface area contributed by atoms with Gasteiger partial charge in [0, 0.05) is 26.7 Å². The first-order valence-corrected chi connectivity index (χ1v) is 8.03. The van der Waals surface area contributed by atoms with Crippen molar-refractivity contribution in [3.8, 4) is 0 Å². The fourth-order valence-corrected chi connectivity index (χ4v) is 2.23. The summed E-state index contributed by atoms with van der Waals surface area (Å²) in [6.07, 6.45) is 0. The van der Waals surface area contributed by atoms with Crippen LogP contribution >= 0.6 is 0 Å². The summed E-state index contributed by atoms with van der Waals surface area (Å²) in [5.74, 6) is 0.430. The molecule has 1 aromatic rings. The summed E-state index contributed by atoms with van der Waals surface area (Å²) in [6.45, 7) is 8.61. The molecule has 0 bridgehead atoms. The average molecular weight is 322 g/mol. The minimum atomic E-state index is -0.271. The number of carbonyl (C=O) groups excluding carboxylic acids is 1. The molecule has 0 heterocycles. The van der Waals surface area contributed by atoms with Crippen LogP contribution in [0.2, 0.25) is 0 Å². The first kappa shape index (κ1) is 18.9. The largest absolute Gasteiger partial charge is 0.357 e. The molecule has 0 saturated carbocycles. The van der Waals surface area contributed by atoms with Gasteiger partial charge in [0.25, 0.3) is 0 Å². The van der Waals surface area contributed by atoms with E-state index in [0.717, 1.165) is 5.56 Å². The molecule has 0 saturated heterocycles. The molecule has 23 heavy (non-hydrogen) atoms. The molecule has 1 N–H and O–H groups in total. The first-order chi connectivity index (χ1) is 11.0. The van der Waals surface area contributed by atoms with Crippen LogP contribution in [0.25, 0.3) is 0 Å². The lowest BCUT2D eigenvalue weighted by Gasteiger charge is -2.25. The van der Waals surface area contributed by atoms with E-state index in [9.17, 15) is 9.18 Å². The lowest BCUT2D eigenvalue weighted by atomic mass is 10.2. The van der Waals surface area contributed by atoms with Crippen LogP contribution in [0.5, 0.6) is 0 Å². The fourth-order valence-electron chi connectivity index (χ4n) is 2.23. The second-order valence-electron chi connectivity index (χ2n) is 5.22. The highest BCUT2D eigenvalue weighted by molar-refractivity contribution is 5.86. The molecule has 0 spiro atoms. The third-order valence-electron chi connectivity index (χ3n) is 3.49. The summed E-state index contributed by atoms with van der Waals surface area (Å²) in [5.41, 5.74) is 0.795. The van der Waals surface area contributed by atoms with Crippen molar-refractivity contribution in [3.05, 3.63) is 35.6 Å². The van der Waals surface area contributed by atoms with Crippen LogP contribution in [0.1, 0.15) is 26.3 Å². The number of nitrogens with zero attached hydrogens (tertiary/aromatic N) is 3. The summed E-state index contributed by atoms with van der Waals surface area (Å²) >= 11 is 0. The Kier molecular flexibility index (Phi) is 8.08. The summed E-state index contributed by atoms with van der Waals surface area (Å²) in [7, 11) is 1.83. The predicted octanol–water partition coefficient (Wildman–Crippen LogP) is 2.09. The van der Waals surface area contributed by atoms with E-state index < -0.39 is 0 Å². The molecule has 0 aliphatic carbocycles. The van der Waals surface area contributed by atoms with Gasteiger partial charge in [0.15, 0.2) is 5.96 Å². The molecule has 0 aliphatic heterocycles. The first-order valence-electron chi connectivity index (χ1n) is 8.03. The second kappa shape index (κ2) is 9.82. The van der Waals surface area contributed by atoms with Crippen molar-refractivity contribution < 1.29 is 9.18 Å². The zero-order valence-corrected chi connectivity index (χ0v) is 14.5. The van der Waals surface area contributed by atoms with Crippen LogP contribution < -0.4 is 5.32 Å². The molecule has 0 fully saturated rings. The van der Waals surface area contributed by atoms with Gasteiger partial charge in [-0.25, -0.2) is 9.38 Å². The number of hydrogen-bond acceptors (Lipinski definition) is 2. The zero-order valence-electron chi connectivity index (χ0n) is 14.5. The molecular weight excluding hydrogens is 295 g/mol. The SMILES string of the molecule is CCNC(=NCc1cccc(F)c1)N(C)CC(=O)N(CC)CC. The summed E-state index contributed by atoms with van der Waals surface area (Å²) in [6, 6.07) is 6.37.